The average molecular weight is 243 g/mol. The van der Waals surface area contributed by atoms with Gasteiger partial charge in [0.05, 0.1) is 0 Å². The zero-order chi connectivity index (χ0) is 12.7. The van der Waals surface area contributed by atoms with Gasteiger partial charge in [-0.25, -0.2) is 4.79 Å². The first-order chi connectivity index (χ1) is 8.13. The summed E-state index contributed by atoms with van der Waals surface area (Å²) in [6.45, 7) is 4.23. The third-order valence-corrected chi connectivity index (χ3v) is 2.20. The summed E-state index contributed by atoms with van der Waals surface area (Å²) in [5.41, 5.74) is 0. The largest absolute Gasteiger partial charge is 0.493 e. The molecule has 0 aromatic heterocycles. The van der Waals surface area contributed by atoms with Gasteiger partial charge >= 0.3 is 5.97 Å². The third kappa shape index (κ3) is 4.76. The van der Waals surface area contributed by atoms with Gasteiger partial charge in [-0.15, -0.1) is 0 Å². The van der Waals surface area contributed by atoms with Gasteiger partial charge < -0.3 is 19.5 Å². The first-order valence-electron chi connectivity index (χ1n) is 5.54. The molecule has 1 rings (SSSR count). The fourth-order valence-corrected chi connectivity index (χ4v) is 1.10. The van der Waals surface area contributed by atoms with Crippen LogP contribution in [0.1, 0.15) is 20.3 Å². The smallest absolute Gasteiger partial charge is 0.377 e. The van der Waals surface area contributed by atoms with E-state index in [4.69, 9.17) is 14.2 Å². The predicted octanol–water partition coefficient (Wildman–Crippen LogP) is 0.332. The van der Waals surface area contributed by atoms with Crippen LogP contribution in [-0.4, -0.2) is 37.7 Å². The fraction of sp³-hybridized carbons (Fsp3) is 0.636. The molecule has 6 heteroatoms. The summed E-state index contributed by atoms with van der Waals surface area (Å²) in [6, 6.07) is 0.0645. The van der Waals surface area contributed by atoms with E-state index in [2.05, 4.69) is 5.32 Å². The maximum Gasteiger partial charge on any atom is 0.377 e. The topological polar surface area (TPSA) is 73.9 Å². The van der Waals surface area contributed by atoms with Crippen LogP contribution in [0.2, 0.25) is 0 Å². The van der Waals surface area contributed by atoms with Crippen molar-refractivity contribution in [3.8, 4) is 0 Å². The second-order valence-corrected chi connectivity index (χ2v) is 3.65. The Morgan fingerprint density at radius 3 is 2.88 bits per heavy atom. The maximum absolute atomic E-state index is 11.4. The Balaban J connectivity index is 2.27. The van der Waals surface area contributed by atoms with Crippen LogP contribution in [0.3, 0.4) is 0 Å². The second-order valence-electron chi connectivity index (χ2n) is 3.65. The zero-order valence-corrected chi connectivity index (χ0v) is 10.0. The van der Waals surface area contributed by atoms with Crippen molar-refractivity contribution in [2.75, 3.05) is 19.8 Å². The summed E-state index contributed by atoms with van der Waals surface area (Å²) in [7, 11) is 0. The minimum Gasteiger partial charge on any atom is -0.493 e. The van der Waals surface area contributed by atoms with Crippen molar-refractivity contribution in [2.45, 2.75) is 26.3 Å². The van der Waals surface area contributed by atoms with Crippen LogP contribution in [0.4, 0.5) is 0 Å². The zero-order valence-electron chi connectivity index (χ0n) is 10.0. The van der Waals surface area contributed by atoms with Gasteiger partial charge in [0.15, 0.2) is 6.61 Å². The van der Waals surface area contributed by atoms with Crippen molar-refractivity contribution in [2.24, 2.45) is 0 Å². The van der Waals surface area contributed by atoms with E-state index >= 15 is 0 Å². The van der Waals surface area contributed by atoms with E-state index in [1.807, 2.05) is 13.8 Å². The molecule has 0 aromatic carbocycles. The summed E-state index contributed by atoms with van der Waals surface area (Å²) in [6.07, 6.45) is 2.01. The van der Waals surface area contributed by atoms with Gasteiger partial charge in [0.2, 0.25) is 5.76 Å². The number of hydrogen-bond donors (Lipinski definition) is 1. The molecule has 0 spiro atoms. The van der Waals surface area contributed by atoms with Gasteiger partial charge in [-0.05, 0) is 13.3 Å². The Kier molecular flexibility index (Phi) is 5.32. The van der Waals surface area contributed by atoms with Crippen LogP contribution in [0, 0.1) is 0 Å². The lowest BCUT2D eigenvalue weighted by atomic mass is 10.2. The van der Waals surface area contributed by atoms with Crippen molar-refractivity contribution in [3.05, 3.63) is 12.0 Å². The molecule has 1 atom stereocenters. The van der Waals surface area contributed by atoms with Gasteiger partial charge in [-0.1, -0.05) is 6.92 Å². The quantitative estimate of drug-likeness (QED) is 0.704. The molecule has 17 heavy (non-hydrogen) atoms. The highest BCUT2D eigenvalue weighted by atomic mass is 16.6. The van der Waals surface area contributed by atoms with Crippen LogP contribution >= 0.6 is 0 Å². The van der Waals surface area contributed by atoms with Crippen molar-refractivity contribution in [1.82, 2.24) is 5.32 Å². The van der Waals surface area contributed by atoms with Gasteiger partial charge in [-0.3, -0.25) is 4.79 Å². The highest BCUT2D eigenvalue weighted by molar-refractivity contribution is 5.88. The maximum atomic E-state index is 11.4. The van der Waals surface area contributed by atoms with Crippen LogP contribution < -0.4 is 5.32 Å². The molecule has 1 heterocycles. The SMILES string of the molecule is CC[C@@H](C)NC(=O)COC(=O)C1=COCCO1. The number of nitrogens with one attached hydrogen (secondary N) is 1. The predicted molar refractivity (Wildman–Crippen MR) is 58.8 cm³/mol. The van der Waals surface area contributed by atoms with Crippen LogP contribution in [0.5, 0.6) is 0 Å². The van der Waals surface area contributed by atoms with Gasteiger partial charge in [0.25, 0.3) is 5.91 Å². The van der Waals surface area contributed by atoms with Crippen LogP contribution in [0.25, 0.3) is 0 Å². The normalized spacial score (nSPS) is 16.0. The van der Waals surface area contributed by atoms with E-state index in [0.29, 0.717) is 13.2 Å². The van der Waals surface area contributed by atoms with Crippen molar-refractivity contribution < 1.29 is 23.8 Å². The molecule has 0 bridgehead atoms. The van der Waals surface area contributed by atoms with Crippen molar-refractivity contribution in [3.63, 3.8) is 0 Å². The van der Waals surface area contributed by atoms with E-state index in [-0.39, 0.29) is 24.3 Å². The van der Waals surface area contributed by atoms with Crippen LogP contribution in [0.15, 0.2) is 12.0 Å². The Hall–Kier alpha value is -1.72. The molecule has 6 nitrogen and oxygen atoms in total. The lowest BCUT2D eigenvalue weighted by molar-refractivity contribution is -0.149. The summed E-state index contributed by atoms with van der Waals surface area (Å²) < 4.78 is 14.7. The number of rotatable bonds is 5. The van der Waals surface area contributed by atoms with E-state index in [1.165, 1.54) is 6.26 Å². The molecule has 0 saturated carbocycles. The molecule has 0 unspecified atom stereocenters. The molecule has 1 aliphatic rings. The van der Waals surface area contributed by atoms with Crippen molar-refractivity contribution >= 4 is 11.9 Å². The van der Waals surface area contributed by atoms with E-state index in [0.717, 1.165) is 6.42 Å². The monoisotopic (exact) mass is 243 g/mol. The molecule has 1 amide bonds. The molecule has 0 aromatic rings. The number of esters is 1. The second kappa shape index (κ2) is 6.78. The molecule has 96 valence electrons. The molecule has 0 saturated heterocycles. The van der Waals surface area contributed by atoms with Crippen LogP contribution in [-0.2, 0) is 23.8 Å². The average Bonchev–Trinajstić information content (AvgIpc) is 2.36. The minimum atomic E-state index is -0.691. The molecular weight excluding hydrogens is 226 g/mol. The lowest BCUT2D eigenvalue weighted by Gasteiger charge is -2.15. The number of ether oxygens (including phenoxy) is 3. The minimum absolute atomic E-state index is 0.00686. The van der Waals surface area contributed by atoms with E-state index < -0.39 is 5.97 Å². The van der Waals surface area contributed by atoms with Gasteiger partial charge in [-0.2, -0.15) is 0 Å². The summed E-state index contributed by atoms with van der Waals surface area (Å²) in [5.74, 6) is -1.03. The van der Waals surface area contributed by atoms with Crippen molar-refractivity contribution in [1.29, 1.82) is 0 Å². The standard InChI is InChI=1S/C11H17NO5/c1-3-8(2)12-10(13)7-17-11(14)9-6-15-4-5-16-9/h6,8H,3-5,7H2,1-2H3,(H,12,13)/t8-/m1/s1. The molecule has 0 fully saturated rings. The third-order valence-electron chi connectivity index (χ3n) is 2.20. The number of carbonyl (C=O) groups is 2. The Morgan fingerprint density at radius 1 is 1.53 bits per heavy atom. The fourth-order valence-electron chi connectivity index (χ4n) is 1.10. The van der Waals surface area contributed by atoms with Gasteiger partial charge in [0, 0.05) is 6.04 Å². The number of hydrogen-bond acceptors (Lipinski definition) is 5. The molecule has 0 radical (unpaired) electrons. The Morgan fingerprint density at radius 2 is 2.29 bits per heavy atom. The molecular formula is C11H17NO5. The highest BCUT2D eigenvalue weighted by Crippen LogP contribution is 2.05. The first-order valence-corrected chi connectivity index (χ1v) is 5.54. The van der Waals surface area contributed by atoms with Gasteiger partial charge in [0.1, 0.15) is 19.5 Å². The Labute approximate surface area is 99.9 Å². The lowest BCUT2D eigenvalue weighted by Crippen LogP contribution is -2.35. The summed E-state index contributed by atoms with van der Waals surface area (Å²) >= 11 is 0. The summed E-state index contributed by atoms with van der Waals surface area (Å²) in [5, 5.41) is 2.68. The van der Waals surface area contributed by atoms with E-state index in [9.17, 15) is 9.59 Å². The number of amides is 1. The Bertz CT molecular complexity index is 313. The van der Waals surface area contributed by atoms with E-state index in [1.54, 1.807) is 0 Å². The number of carbonyl (C=O) groups excluding carboxylic acids is 2. The highest BCUT2D eigenvalue weighted by Gasteiger charge is 2.18. The molecule has 1 aliphatic heterocycles. The first kappa shape index (κ1) is 13.3. The molecule has 1 N–H and O–H groups in total. The summed E-state index contributed by atoms with van der Waals surface area (Å²) in [4.78, 5) is 22.7. The molecule has 0 aliphatic carbocycles.